The van der Waals surface area contributed by atoms with Gasteiger partial charge in [0, 0.05) is 0 Å². The molecule has 1 N–H and O–H groups in total. The molecule has 1 heterocycles. The molecule has 0 unspecified atom stereocenters. The number of hydrogen-bond donors (Lipinski definition) is 1. The summed E-state index contributed by atoms with van der Waals surface area (Å²) in [7, 11) is 0. The highest BCUT2D eigenvalue weighted by Gasteiger charge is 2.05. The summed E-state index contributed by atoms with van der Waals surface area (Å²) < 4.78 is 5.48. The molecule has 0 atom stereocenters. The second-order valence-corrected chi connectivity index (χ2v) is 5.98. The van der Waals surface area contributed by atoms with E-state index >= 15 is 0 Å². The van der Waals surface area contributed by atoms with Gasteiger partial charge in [-0.1, -0.05) is 26.0 Å². The van der Waals surface area contributed by atoms with E-state index in [0.29, 0.717) is 17.4 Å². The van der Waals surface area contributed by atoms with Crippen LogP contribution in [0.3, 0.4) is 0 Å². The van der Waals surface area contributed by atoms with Crippen LogP contribution in [0, 0.1) is 0 Å². The first kappa shape index (κ1) is 16.4. The number of pyridine rings is 1. The van der Waals surface area contributed by atoms with Gasteiger partial charge in [-0.15, -0.1) is 11.8 Å². The summed E-state index contributed by atoms with van der Waals surface area (Å²) in [5, 5.41) is 3.67. The Morgan fingerprint density at radius 3 is 2.50 bits per heavy atom. The maximum atomic E-state index is 11.8. The number of benzene rings is 1. The van der Waals surface area contributed by atoms with Gasteiger partial charge in [0.05, 0.1) is 16.9 Å². The topological polar surface area (TPSA) is 51.2 Å². The molecule has 0 aliphatic rings. The van der Waals surface area contributed by atoms with E-state index in [-0.39, 0.29) is 12.5 Å². The van der Waals surface area contributed by atoms with Crippen LogP contribution in [0.1, 0.15) is 25.3 Å². The number of nitrogens with one attached hydrogen (secondary N) is 1. The van der Waals surface area contributed by atoms with Gasteiger partial charge in [-0.05, 0) is 42.0 Å². The van der Waals surface area contributed by atoms with E-state index in [2.05, 4.69) is 24.1 Å². The molecular weight excluding hydrogens is 296 g/mol. The zero-order valence-electron chi connectivity index (χ0n) is 13.0. The molecule has 0 aliphatic carbocycles. The molecule has 2 aromatic rings. The summed E-state index contributed by atoms with van der Waals surface area (Å²) in [6, 6.07) is 11.5. The van der Waals surface area contributed by atoms with E-state index in [1.165, 1.54) is 5.56 Å². The monoisotopic (exact) mass is 316 g/mol. The molecule has 0 spiro atoms. The Morgan fingerprint density at radius 1 is 1.23 bits per heavy atom. The van der Waals surface area contributed by atoms with Crippen molar-refractivity contribution >= 4 is 23.4 Å². The Labute approximate surface area is 135 Å². The van der Waals surface area contributed by atoms with Crippen LogP contribution in [0.2, 0.25) is 0 Å². The molecule has 0 saturated carbocycles. The van der Waals surface area contributed by atoms with Crippen molar-refractivity contribution in [3.63, 3.8) is 0 Å². The van der Waals surface area contributed by atoms with Crippen molar-refractivity contribution in [3.8, 4) is 5.75 Å². The molecule has 0 fully saturated rings. The van der Waals surface area contributed by atoms with Gasteiger partial charge in [-0.3, -0.25) is 4.79 Å². The number of amides is 1. The van der Waals surface area contributed by atoms with E-state index in [1.54, 1.807) is 18.0 Å². The maximum Gasteiger partial charge on any atom is 0.262 e. The largest absolute Gasteiger partial charge is 0.484 e. The van der Waals surface area contributed by atoms with Crippen LogP contribution >= 0.6 is 11.8 Å². The minimum absolute atomic E-state index is 0.0225. The fourth-order valence-corrected chi connectivity index (χ4v) is 2.23. The van der Waals surface area contributed by atoms with Crippen molar-refractivity contribution in [1.82, 2.24) is 4.98 Å². The van der Waals surface area contributed by atoms with Gasteiger partial charge in [0.15, 0.2) is 6.61 Å². The number of thioether (sulfide) groups is 1. The lowest BCUT2D eigenvalue weighted by atomic mass is 10.0. The first-order chi connectivity index (χ1) is 10.6. The third kappa shape index (κ3) is 4.77. The van der Waals surface area contributed by atoms with Crippen LogP contribution in [0.4, 0.5) is 5.69 Å². The summed E-state index contributed by atoms with van der Waals surface area (Å²) in [4.78, 5) is 16.0. The molecule has 22 heavy (non-hydrogen) atoms. The van der Waals surface area contributed by atoms with E-state index in [0.717, 1.165) is 5.03 Å². The lowest BCUT2D eigenvalue weighted by Crippen LogP contribution is -2.20. The molecule has 0 aliphatic heterocycles. The van der Waals surface area contributed by atoms with Gasteiger partial charge >= 0.3 is 0 Å². The van der Waals surface area contributed by atoms with Crippen molar-refractivity contribution in [2.24, 2.45) is 0 Å². The number of carbonyl (C=O) groups is 1. The summed E-state index contributed by atoms with van der Waals surface area (Å²) >= 11 is 1.56. The van der Waals surface area contributed by atoms with Crippen molar-refractivity contribution in [2.75, 3.05) is 18.2 Å². The standard InChI is InChI=1S/C17H20N2O2S/c1-12(2)13-4-7-15(8-5-13)21-11-16(20)19-14-6-9-17(22-3)18-10-14/h4-10,12H,11H2,1-3H3,(H,19,20). The molecule has 0 radical (unpaired) electrons. The molecule has 0 saturated heterocycles. The van der Waals surface area contributed by atoms with Gasteiger partial charge in [0.25, 0.3) is 5.91 Å². The second-order valence-electron chi connectivity index (χ2n) is 5.15. The summed E-state index contributed by atoms with van der Waals surface area (Å²) in [5.74, 6) is 0.969. The first-order valence-corrected chi connectivity index (χ1v) is 8.33. The third-order valence-corrected chi connectivity index (χ3v) is 3.81. The second kappa shape index (κ2) is 7.84. The lowest BCUT2D eigenvalue weighted by molar-refractivity contribution is -0.118. The average molecular weight is 316 g/mol. The van der Waals surface area contributed by atoms with Gasteiger partial charge in [-0.25, -0.2) is 4.98 Å². The quantitative estimate of drug-likeness (QED) is 0.820. The Bertz CT molecular complexity index is 610. The Hall–Kier alpha value is -2.01. The van der Waals surface area contributed by atoms with Crippen LogP contribution in [-0.2, 0) is 4.79 Å². The molecular formula is C17H20N2O2S. The molecule has 4 nitrogen and oxygen atoms in total. The van der Waals surface area contributed by atoms with E-state index in [9.17, 15) is 4.79 Å². The number of rotatable bonds is 6. The number of nitrogens with zero attached hydrogens (tertiary/aromatic N) is 1. The van der Waals surface area contributed by atoms with Crippen LogP contribution in [0.15, 0.2) is 47.6 Å². The van der Waals surface area contributed by atoms with Crippen LogP contribution in [0.25, 0.3) is 0 Å². The molecule has 1 aromatic carbocycles. The SMILES string of the molecule is CSc1ccc(NC(=O)COc2ccc(C(C)C)cc2)cn1. The third-order valence-electron chi connectivity index (χ3n) is 3.15. The predicted molar refractivity (Wildman–Crippen MR) is 90.7 cm³/mol. The lowest BCUT2D eigenvalue weighted by Gasteiger charge is -2.09. The summed E-state index contributed by atoms with van der Waals surface area (Å²) in [6.45, 7) is 4.25. The highest BCUT2D eigenvalue weighted by molar-refractivity contribution is 7.98. The van der Waals surface area contributed by atoms with Crippen molar-refractivity contribution < 1.29 is 9.53 Å². The van der Waals surface area contributed by atoms with Crippen molar-refractivity contribution in [3.05, 3.63) is 48.2 Å². The molecule has 2 rings (SSSR count). The number of ether oxygens (including phenoxy) is 1. The minimum atomic E-state index is -0.202. The normalized spacial score (nSPS) is 10.5. The number of hydrogen-bond acceptors (Lipinski definition) is 4. The van der Waals surface area contributed by atoms with Crippen LogP contribution in [-0.4, -0.2) is 23.8 Å². The summed E-state index contributed by atoms with van der Waals surface area (Å²) in [5.41, 5.74) is 1.92. The molecule has 5 heteroatoms. The summed E-state index contributed by atoms with van der Waals surface area (Å²) in [6.07, 6.45) is 3.60. The average Bonchev–Trinajstić information content (AvgIpc) is 2.54. The highest BCUT2D eigenvalue weighted by atomic mass is 32.2. The number of aromatic nitrogens is 1. The van der Waals surface area contributed by atoms with Gasteiger partial charge < -0.3 is 10.1 Å². The highest BCUT2D eigenvalue weighted by Crippen LogP contribution is 2.18. The Balaban J connectivity index is 1.84. The molecule has 116 valence electrons. The fraction of sp³-hybridized carbons (Fsp3) is 0.294. The fourth-order valence-electron chi connectivity index (χ4n) is 1.87. The number of carbonyl (C=O) groups excluding carboxylic acids is 1. The van der Waals surface area contributed by atoms with Crippen LogP contribution in [0.5, 0.6) is 5.75 Å². The number of anilines is 1. The Morgan fingerprint density at radius 2 is 1.95 bits per heavy atom. The van der Waals surface area contributed by atoms with Crippen LogP contribution < -0.4 is 10.1 Å². The minimum Gasteiger partial charge on any atom is -0.484 e. The molecule has 1 amide bonds. The zero-order chi connectivity index (χ0) is 15.9. The van der Waals surface area contributed by atoms with Crippen molar-refractivity contribution in [1.29, 1.82) is 0 Å². The predicted octanol–water partition coefficient (Wildman–Crippen LogP) is 3.94. The zero-order valence-corrected chi connectivity index (χ0v) is 13.8. The Kier molecular flexibility index (Phi) is 5.83. The van der Waals surface area contributed by atoms with Crippen molar-refractivity contribution in [2.45, 2.75) is 24.8 Å². The molecule has 1 aromatic heterocycles. The van der Waals surface area contributed by atoms with Gasteiger partial charge in [0.1, 0.15) is 5.75 Å². The molecule has 0 bridgehead atoms. The smallest absolute Gasteiger partial charge is 0.262 e. The maximum absolute atomic E-state index is 11.8. The van der Waals surface area contributed by atoms with E-state index < -0.39 is 0 Å². The first-order valence-electron chi connectivity index (χ1n) is 7.11. The van der Waals surface area contributed by atoms with E-state index in [4.69, 9.17) is 4.74 Å². The van der Waals surface area contributed by atoms with E-state index in [1.807, 2.05) is 42.7 Å². The van der Waals surface area contributed by atoms with Gasteiger partial charge in [-0.2, -0.15) is 0 Å². The van der Waals surface area contributed by atoms with Gasteiger partial charge in [0.2, 0.25) is 0 Å².